The van der Waals surface area contributed by atoms with Crippen molar-refractivity contribution in [1.82, 2.24) is 14.5 Å². The van der Waals surface area contributed by atoms with E-state index in [0.717, 1.165) is 28.8 Å². The molecule has 0 bridgehead atoms. The van der Waals surface area contributed by atoms with Crippen LogP contribution >= 0.6 is 0 Å². The standard InChI is InChI=1S/C21H26N4O2/c1-14(2)18-10-16(4-7-22)24(13-21(18)27)9-6-15(3)19-12-25-17(5-8-23-25)11-20(19)26/h4-5,7-8,10-15,22-23,27H,6,9H2,1-3H3/b16-4-,22-7?. The average molecular weight is 366 g/mol. The van der Waals surface area contributed by atoms with Crippen LogP contribution < -0.4 is 5.43 Å². The summed E-state index contributed by atoms with van der Waals surface area (Å²) < 4.78 is 1.85. The molecule has 0 saturated carbocycles. The largest absolute Gasteiger partial charge is 0.506 e. The van der Waals surface area contributed by atoms with Crippen LogP contribution in [0.1, 0.15) is 38.7 Å². The highest BCUT2D eigenvalue weighted by molar-refractivity contribution is 5.70. The van der Waals surface area contributed by atoms with Crippen LogP contribution in [0.5, 0.6) is 0 Å². The van der Waals surface area contributed by atoms with E-state index in [9.17, 15) is 9.90 Å². The number of rotatable bonds is 6. The van der Waals surface area contributed by atoms with Gasteiger partial charge in [0.2, 0.25) is 0 Å². The fourth-order valence-corrected chi connectivity index (χ4v) is 3.36. The number of aromatic nitrogens is 2. The van der Waals surface area contributed by atoms with E-state index in [1.165, 1.54) is 6.21 Å². The summed E-state index contributed by atoms with van der Waals surface area (Å²) in [5, 5.41) is 20.8. The molecule has 1 atom stereocenters. The number of fused-ring (bicyclic) bond motifs is 1. The molecule has 3 rings (SSSR count). The van der Waals surface area contributed by atoms with Gasteiger partial charge in [0.25, 0.3) is 0 Å². The van der Waals surface area contributed by atoms with Gasteiger partial charge in [-0.3, -0.25) is 9.31 Å². The first-order valence-electron chi connectivity index (χ1n) is 9.20. The zero-order valence-corrected chi connectivity index (χ0v) is 15.9. The van der Waals surface area contributed by atoms with Gasteiger partial charge in [-0.25, -0.2) is 0 Å². The molecular weight excluding hydrogens is 340 g/mol. The van der Waals surface area contributed by atoms with Crippen molar-refractivity contribution in [1.29, 1.82) is 5.41 Å². The van der Waals surface area contributed by atoms with Gasteiger partial charge >= 0.3 is 0 Å². The predicted molar refractivity (Wildman–Crippen MR) is 108 cm³/mol. The Bertz CT molecular complexity index is 991. The number of allylic oxidation sites excluding steroid dienone is 3. The molecule has 0 spiro atoms. The molecule has 0 radical (unpaired) electrons. The van der Waals surface area contributed by atoms with Crippen LogP contribution in [0.2, 0.25) is 0 Å². The van der Waals surface area contributed by atoms with E-state index in [4.69, 9.17) is 5.41 Å². The summed E-state index contributed by atoms with van der Waals surface area (Å²) in [6, 6.07) is 3.51. The number of aromatic amines is 1. The Morgan fingerprint density at radius 2 is 2.11 bits per heavy atom. The van der Waals surface area contributed by atoms with Crippen LogP contribution in [0.25, 0.3) is 5.52 Å². The van der Waals surface area contributed by atoms with E-state index >= 15 is 0 Å². The summed E-state index contributed by atoms with van der Waals surface area (Å²) in [7, 11) is 0. The molecule has 27 heavy (non-hydrogen) atoms. The lowest BCUT2D eigenvalue weighted by atomic mass is 9.96. The first-order chi connectivity index (χ1) is 12.9. The van der Waals surface area contributed by atoms with Crippen molar-refractivity contribution in [2.24, 2.45) is 5.92 Å². The zero-order valence-electron chi connectivity index (χ0n) is 15.9. The highest BCUT2D eigenvalue weighted by Gasteiger charge is 2.20. The molecule has 1 unspecified atom stereocenters. The minimum absolute atomic E-state index is 0.0383. The van der Waals surface area contributed by atoms with Crippen molar-refractivity contribution >= 4 is 11.7 Å². The Morgan fingerprint density at radius 1 is 1.33 bits per heavy atom. The van der Waals surface area contributed by atoms with E-state index in [1.54, 1.807) is 24.5 Å². The van der Waals surface area contributed by atoms with Crippen molar-refractivity contribution in [2.75, 3.05) is 6.54 Å². The third-order valence-electron chi connectivity index (χ3n) is 5.00. The van der Waals surface area contributed by atoms with Crippen LogP contribution in [-0.2, 0) is 0 Å². The first-order valence-corrected chi connectivity index (χ1v) is 9.20. The molecule has 0 amide bonds. The van der Waals surface area contributed by atoms with Crippen LogP contribution in [0.3, 0.4) is 0 Å². The highest BCUT2D eigenvalue weighted by Crippen LogP contribution is 2.28. The minimum atomic E-state index is 0.0383. The molecule has 3 heterocycles. The molecule has 142 valence electrons. The van der Waals surface area contributed by atoms with Gasteiger partial charge in [-0.05, 0) is 42.0 Å². The number of nitrogens with one attached hydrogen (secondary N) is 2. The monoisotopic (exact) mass is 366 g/mol. The molecular formula is C21H26N4O2. The minimum Gasteiger partial charge on any atom is -0.506 e. The number of nitrogens with zero attached hydrogens (tertiary/aromatic N) is 2. The zero-order chi connectivity index (χ0) is 19.6. The van der Waals surface area contributed by atoms with E-state index in [1.807, 2.05) is 48.5 Å². The quantitative estimate of drug-likeness (QED) is 0.677. The van der Waals surface area contributed by atoms with Crippen molar-refractivity contribution in [2.45, 2.75) is 33.1 Å². The van der Waals surface area contributed by atoms with Crippen LogP contribution in [0, 0.1) is 11.3 Å². The third-order valence-corrected chi connectivity index (χ3v) is 5.00. The van der Waals surface area contributed by atoms with Gasteiger partial charge < -0.3 is 20.5 Å². The van der Waals surface area contributed by atoms with E-state index < -0.39 is 0 Å². The lowest BCUT2D eigenvalue weighted by Crippen LogP contribution is -2.24. The number of H-pyrrole nitrogens is 1. The second-order valence-electron chi connectivity index (χ2n) is 7.26. The summed E-state index contributed by atoms with van der Waals surface area (Å²) in [5.74, 6) is 0.515. The van der Waals surface area contributed by atoms with Crippen LogP contribution in [-0.4, -0.2) is 32.4 Å². The Kier molecular flexibility index (Phi) is 5.35. The Hall–Kier alpha value is -3.02. The topological polar surface area (TPSA) is 84.6 Å². The second-order valence-corrected chi connectivity index (χ2v) is 7.26. The van der Waals surface area contributed by atoms with E-state index in [0.29, 0.717) is 6.54 Å². The fourth-order valence-electron chi connectivity index (χ4n) is 3.36. The van der Waals surface area contributed by atoms with Gasteiger partial charge in [0.05, 0.1) is 5.52 Å². The molecule has 2 aromatic rings. The average Bonchev–Trinajstić information content (AvgIpc) is 3.07. The normalized spacial score (nSPS) is 17.3. The molecule has 0 aliphatic carbocycles. The lowest BCUT2D eigenvalue weighted by molar-refractivity contribution is 0.360. The third kappa shape index (κ3) is 3.89. The van der Waals surface area contributed by atoms with E-state index in [2.05, 4.69) is 5.10 Å². The number of aliphatic hydroxyl groups excluding tert-OH is 1. The molecule has 1 aliphatic heterocycles. The molecule has 0 saturated heterocycles. The molecule has 6 nitrogen and oxygen atoms in total. The van der Waals surface area contributed by atoms with Gasteiger partial charge in [0.1, 0.15) is 5.76 Å². The molecule has 0 fully saturated rings. The number of hydrogen-bond acceptors (Lipinski definition) is 4. The number of pyridine rings is 1. The van der Waals surface area contributed by atoms with Crippen molar-refractivity contribution < 1.29 is 5.11 Å². The van der Waals surface area contributed by atoms with Crippen molar-refractivity contribution in [3.8, 4) is 0 Å². The van der Waals surface area contributed by atoms with Gasteiger partial charge in [0.15, 0.2) is 5.43 Å². The number of aliphatic hydroxyl groups is 1. The van der Waals surface area contributed by atoms with Gasteiger partial charge in [-0.15, -0.1) is 0 Å². The second kappa shape index (κ2) is 7.70. The molecule has 1 aliphatic rings. The Morgan fingerprint density at radius 3 is 2.81 bits per heavy atom. The Balaban J connectivity index is 1.78. The molecule has 0 aromatic carbocycles. The highest BCUT2D eigenvalue weighted by atomic mass is 16.3. The maximum atomic E-state index is 12.4. The maximum absolute atomic E-state index is 12.4. The summed E-state index contributed by atoms with van der Waals surface area (Å²) in [5.41, 5.74) is 3.38. The SMILES string of the molecule is CC(C)C1=C/C(=C/C=N)N(CCC(C)c2cn3[nH]ccc3cc2=O)C=C1O. The van der Waals surface area contributed by atoms with Gasteiger partial charge in [0, 0.05) is 48.7 Å². The van der Waals surface area contributed by atoms with E-state index in [-0.39, 0.29) is 23.0 Å². The first kappa shape index (κ1) is 18.8. The van der Waals surface area contributed by atoms with Crippen molar-refractivity contribution in [3.63, 3.8) is 0 Å². The number of hydrogen-bond donors (Lipinski definition) is 3. The summed E-state index contributed by atoms with van der Waals surface area (Å²) in [4.78, 5) is 14.4. The van der Waals surface area contributed by atoms with Crippen molar-refractivity contribution in [3.05, 3.63) is 75.7 Å². The summed E-state index contributed by atoms with van der Waals surface area (Å²) in [6.07, 6.45) is 11.0. The molecule has 6 heteroatoms. The fraction of sp³-hybridized carbons (Fsp3) is 0.333. The van der Waals surface area contributed by atoms with Gasteiger partial charge in [-0.2, -0.15) is 0 Å². The lowest BCUT2D eigenvalue weighted by Gasteiger charge is -2.29. The molecule has 2 aromatic heterocycles. The van der Waals surface area contributed by atoms with Crippen LogP contribution in [0.15, 0.2) is 64.7 Å². The smallest absolute Gasteiger partial charge is 0.185 e. The van der Waals surface area contributed by atoms with Gasteiger partial charge in [-0.1, -0.05) is 20.8 Å². The summed E-state index contributed by atoms with van der Waals surface area (Å²) in [6.45, 7) is 6.73. The van der Waals surface area contributed by atoms with Crippen LogP contribution in [0.4, 0.5) is 0 Å². The summed E-state index contributed by atoms with van der Waals surface area (Å²) >= 11 is 0. The predicted octanol–water partition coefficient (Wildman–Crippen LogP) is 3.95. The Labute approximate surface area is 158 Å². The maximum Gasteiger partial charge on any atom is 0.185 e. The molecule has 3 N–H and O–H groups in total.